The Labute approximate surface area is 89.1 Å². The number of para-hydroxylation sites is 1. The van der Waals surface area contributed by atoms with E-state index in [1.54, 1.807) is 7.05 Å². The molecule has 80 valence electrons. The fourth-order valence-electron chi connectivity index (χ4n) is 1.78. The number of nitrogens with one attached hydrogen (secondary N) is 1. The van der Waals surface area contributed by atoms with E-state index < -0.39 is 0 Å². The van der Waals surface area contributed by atoms with Crippen LogP contribution < -0.4 is 15.8 Å². The average molecular weight is 205 g/mol. The molecule has 1 aliphatic heterocycles. The van der Waals surface area contributed by atoms with E-state index in [-0.39, 0.29) is 12.1 Å². The molecule has 1 heterocycles. The van der Waals surface area contributed by atoms with Gasteiger partial charge >= 0.3 is 0 Å². The first-order chi connectivity index (χ1) is 7.22. The third-order valence-electron chi connectivity index (χ3n) is 2.58. The summed E-state index contributed by atoms with van der Waals surface area (Å²) in [4.78, 5) is 3.89. The fourth-order valence-corrected chi connectivity index (χ4v) is 1.78. The van der Waals surface area contributed by atoms with Crippen LogP contribution in [0.1, 0.15) is 18.5 Å². The molecule has 4 nitrogen and oxygen atoms in total. The summed E-state index contributed by atoms with van der Waals surface area (Å²) in [6.07, 6.45) is 0.0719. The lowest BCUT2D eigenvalue weighted by Gasteiger charge is -2.16. The van der Waals surface area contributed by atoms with E-state index in [1.165, 1.54) is 0 Å². The van der Waals surface area contributed by atoms with Gasteiger partial charge in [-0.1, -0.05) is 18.2 Å². The molecule has 2 rings (SSSR count). The summed E-state index contributed by atoms with van der Waals surface area (Å²) < 4.78 is 5.69. The van der Waals surface area contributed by atoms with Crippen molar-refractivity contribution in [2.45, 2.75) is 19.1 Å². The highest BCUT2D eigenvalue weighted by Crippen LogP contribution is 2.35. The van der Waals surface area contributed by atoms with Crippen molar-refractivity contribution in [2.24, 2.45) is 10.7 Å². The van der Waals surface area contributed by atoms with Crippen molar-refractivity contribution in [2.75, 3.05) is 7.05 Å². The lowest BCUT2D eigenvalue weighted by atomic mass is 10.1. The highest BCUT2D eigenvalue weighted by atomic mass is 16.5. The van der Waals surface area contributed by atoms with Gasteiger partial charge in [0.25, 0.3) is 0 Å². The van der Waals surface area contributed by atoms with Crippen molar-refractivity contribution in [1.82, 2.24) is 5.32 Å². The van der Waals surface area contributed by atoms with E-state index >= 15 is 0 Å². The summed E-state index contributed by atoms with van der Waals surface area (Å²) in [7, 11) is 1.66. The summed E-state index contributed by atoms with van der Waals surface area (Å²) in [5, 5.41) is 3.14. The van der Waals surface area contributed by atoms with E-state index in [9.17, 15) is 0 Å². The summed E-state index contributed by atoms with van der Waals surface area (Å²) in [5.74, 6) is 1.36. The van der Waals surface area contributed by atoms with Crippen LogP contribution in [0.15, 0.2) is 29.3 Å². The van der Waals surface area contributed by atoms with Crippen molar-refractivity contribution in [3.63, 3.8) is 0 Å². The second kappa shape index (κ2) is 3.81. The molecule has 0 amide bonds. The lowest BCUT2D eigenvalue weighted by molar-refractivity contribution is 0.220. The van der Waals surface area contributed by atoms with Crippen LogP contribution in [-0.2, 0) is 0 Å². The van der Waals surface area contributed by atoms with E-state index in [0.717, 1.165) is 11.3 Å². The number of fused-ring (bicyclic) bond motifs is 1. The van der Waals surface area contributed by atoms with Gasteiger partial charge in [-0.15, -0.1) is 0 Å². The van der Waals surface area contributed by atoms with Gasteiger partial charge in [-0.05, 0) is 13.0 Å². The van der Waals surface area contributed by atoms with Crippen LogP contribution >= 0.6 is 0 Å². The van der Waals surface area contributed by atoms with Gasteiger partial charge < -0.3 is 15.8 Å². The summed E-state index contributed by atoms with van der Waals surface area (Å²) in [5.41, 5.74) is 6.79. The van der Waals surface area contributed by atoms with Gasteiger partial charge in [0.15, 0.2) is 5.96 Å². The van der Waals surface area contributed by atoms with Crippen LogP contribution in [0.2, 0.25) is 0 Å². The largest absolute Gasteiger partial charge is 0.488 e. The Balaban J connectivity index is 2.26. The molecule has 0 aromatic heterocycles. The highest BCUT2D eigenvalue weighted by molar-refractivity contribution is 5.78. The standard InChI is InChI=1S/C11H15N3O/c1-7-10(14-11(12)13-2)8-5-3-4-6-9(8)15-7/h3-7,10H,1-2H3,(H3,12,13,14). The average Bonchev–Trinajstić information content (AvgIpc) is 2.55. The Hall–Kier alpha value is -1.71. The molecule has 3 N–H and O–H groups in total. The molecule has 0 saturated carbocycles. The molecule has 0 radical (unpaired) electrons. The highest BCUT2D eigenvalue weighted by Gasteiger charge is 2.30. The first-order valence-corrected chi connectivity index (χ1v) is 4.96. The molecule has 1 aliphatic rings. The third kappa shape index (κ3) is 1.75. The number of hydrogen-bond donors (Lipinski definition) is 2. The molecule has 0 saturated heterocycles. The Morgan fingerprint density at radius 3 is 2.93 bits per heavy atom. The smallest absolute Gasteiger partial charge is 0.188 e. The number of hydrogen-bond acceptors (Lipinski definition) is 2. The second-order valence-corrected chi connectivity index (χ2v) is 3.59. The molecule has 0 fully saturated rings. The molecule has 0 spiro atoms. The number of aliphatic imine (C=N–C) groups is 1. The van der Waals surface area contributed by atoms with E-state index in [4.69, 9.17) is 10.5 Å². The minimum absolute atomic E-state index is 0.0719. The van der Waals surface area contributed by atoms with Gasteiger partial charge in [-0.2, -0.15) is 0 Å². The predicted octanol–water partition coefficient (Wildman–Crippen LogP) is 1.04. The van der Waals surface area contributed by atoms with Crippen molar-refractivity contribution in [1.29, 1.82) is 0 Å². The molecular formula is C11H15N3O. The van der Waals surface area contributed by atoms with Gasteiger partial charge in [0.2, 0.25) is 0 Å². The second-order valence-electron chi connectivity index (χ2n) is 3.59. The quantitative estimate of drug-likeness (QED) is 0.532. The fraction of sp³-hybridized carbons (Fsp3) is 0.364. The van der Waals surface area contributed by atoms with Crippen molar-refractivity contribution < 1.29 is 4.74 Å². The van der Waals surface area contributed by atoms with E-state index in [1.807, 2.05) is 31.2 Å². The van der Waals surface area contributed by atoms with Crippen LogP contribution in [0.5, 0.6) is 5.75 Å². The van der Waals surface area contributed by atoms with Gasteiger partial charge in [-0.25, -0.2) is 0 Å². The molecule has 4 heteroatoms. The van der Waals surface area contributed by atoms with Gasteiger partial charge in [0.05, 0.1) is 6.04 Å². The maximum Gasteiger partial charge on any atom is 0.188 e. The van der Waals surface area contributed by atoms with Crippen LogP contribution in [0.3, 0.4) is 0 Å². The Morgan fingerprint density at radius 2 is 2.20 bits per heavy atom. The lowest BCUT2D eigenvalue weighted by Crippen LogP contribution is -2.38. The normalized spacial score (nSPS) is 24.5. The summed E-state index contributed by atoms with van der Waals surface area (Å²) in [6.45, 7) is 2.01. The van der Waals surface area contributed by atoms with Gasteiger partial charge in [-0.3, -0.25) is 4.99 Å². The Kier molecular flexibility index (Phi) is 2.49. The molecule has 2 unspecified atom stereocenters. The summed E-state index contributed by atoms with van der Waals surface area (Å²) >= 11 is 0. The SMILES string of the molecule is CN=C(N)NC1c2ccccc2OC1C. The molecule has 2 atom stereocenters. The molecule has 15 heavy (non-hydrogen) atoms. The summed E-state index contributed by atoms with van der Waals surface area (Å²) in [6, 6.07) is 8.05. The Morgan fingerprint density at radius 1 is 1.47 bits per heavy atom. The number of ether oxygens (including phenoxy) is 1. The predicted molar refractivity (Wildman–Crippen MR) is 60.0 cm³/mol. The molecular weight excluding hydrogens is 190 g/mol. The van der Waals surface area contributed by atoms with Crippen LogP contribution in [0.25, 0.3) is 0 Å². The zero-order chi connectivity index (χ0) is 10.8. The molecule has 0 bridgehead atoms. The minimum Gasteiger partial charge on any atom is -0.488 e. The van der Waals surface area contributed by atoms with E-state index in [2.05, 4.69) is 10.3 Å². The van der Waals surface area contributed by atoms with E-state index in [0.29, 0.717) is 5.96 Å². The zero-order valence-electron chi connectivity index (χ0n) is 8.90. The van der Waals surface area contributed by atoms with Gasteiger partial charge in [0, 0.05) is 12.6 Å². The molecule has 1 aromatic carbocycles. The maximum absolute atomic E-state index is 5.69. The first-order valence-electron chi connectivity index (χ1n) is 4.96. The minimum atomic E-state index is 0.0719. The first kappa shape index (κ1) is 9.83. The van der Waals surface area contributed by atoms with Crippen LogP contribution in [0.4, 0.5) is 0 Å². The molecule has 1 aromatic rings. The topological polar surface area (TPSA) is 59.6 Å². The van der Waals surface area contributed by atoms with Crippen molar-refractivity contribution in [3.8, 4) is 5.75 Å². The number of rotatable bonds is 1. The Bertz CT molecular complexity index is 389. The number of guanidine groups is 1. The van der Waals surface area contributed by atoms with Crippen molar-refractivity contribution in [3.05, 3.63) is 29.8 Å². The van der Waals surface area contributed by atoms with Crippen LogP contribution in [-0.4, -0.2) is 19.1 Å². The number of nitrogens with zero attached hydrogens (tertiary/aromatic N) is 1. The van der Waals surface area contributed by atoms with Crippen LogP contribution in [0, 0.1) is 0 Å². The number of nitrogens with two attached hydrogens (primary N) is 1. The number of benzene rings is 1. The molecule has 0 aliphatic carbocycles. The van der Waals surface area contributed by atoms with Crippen molar-refractivity contribution >= 4 is 5.96 Å². The maximum atomic E-state index is 5.69. The third-order valence-corrected chi connectivity index (χ3v) is 2.58. The van der Waals surface area contributed by atoms with Gasteiger partial charge in [0.1, 0.15) is 11.9 Å². The zero-order valence-corrected chi connectivity index (χ0v) is 8.90. The monoisotopic (exact) mass is 205 g/mol.